The van der Waals surface area contributed by atoms with Gasteiger partial charge in [-0.15, -0.1) is 0 Å². The van der Waals surface area contributed by atoms with Gasteiger partial charge in [-0.25, -0.2) is 0 Å². The first-order valence-corrected chi connectivity index (χ1v) is 7.88. The number of piperidine rings is 1. The maximum atomic E-state index is 12.3. The predicted octanol–water partition coefficient (Wildman–Crippen LogP) is 0.386. The lowest BCUT2D eigenvalue weighted by molar-refractivity contribution is 0.214. The fraction of sp³-hybridized carbons (Fsp3) is 1.00. The topological polar surface area (TPSA) is 66.6 Å². The van der Waals surface area contributed by atoms with E-state index in [1.807, 2.05) is 0 Å². The van der Waals surface area contributed by atoms with E-state index < -0.39 is 10.2 Å². The summed E-state index contributed by atoms with van der Waals surface area (Å²) in [5.74, 6) is 0.496. The molecule has 0 unspecified atom stereocenters. The van der Waals surface area contributed by atoms with Crippen molar-refractivity contribution in [2.24, 2.45) is 11.7 Å². The van der Waals surface area contributed by atoms with Gasteiger partial charge in [-0.2, -0.15) is 17.0 Å². The Morgan fingerprint density at radius 1 is 1.24 bits per heavy atom. The lowest BCUT2D eigenvalue weighted by Gasteiger charge is -2.39. The van der Waals surface area contributed by atoms with Gasteiger partial charge in [0.2, 0.25) is 0 Å². The molecule has 1 aliphatic heterocycles. The minimum Gasteiger partial charge on any atom is -0.330 e. The Kier molecular flexibility index (Phi) is 4.07. The van der Waals surface area contributed by atoms with E-state index >= 15 is 0 Å². The van der Waals surface area contributed by atoms with E-state index in [0.29, 0.717) is 25.6 Å². The molecule has 0 radical (unpaired) electrons. The molecular weight excluding hydrogens is 238 g/mol. The van der Waals surface area contributed by atoms with Gasteiger partial charge in [0.25, 0.3) is 10.2 Å². The maximum Gasteiger partial charge on any atom is 0.281 e. The monoisotopic (exact) mass is 261 g/mol. The second kappa shape index (κ2) is 5.22. The third-order valence-corrected chi connectivity index (χ3v) is 6.23. The zero-order chi connectivity index (χ0) is 12.5. The zero-order valence-electron chi connectivity index (χ0n) is 10.5. The number of nitrogens with two attached hydrogens (primary N) is 1. The van der Waals surface area contributed by atoms with Crippen molar-refractivity contribution in [1.82, 2.24) is 8.61 Å². The molecule has 0 bridgehead atoms. The van der Waals surface area contributed by atoms with E-state index in [9.17, 15) is 8.42 Å². The summed E-state index contributed by atoms with van der Waals surface area (Å²) in [6.45, 7) is 1.93. The van der Waals surface area contributed by atoms with Crippen molar-refractivity contribution in [2.75, 3.05) is 26.7 Å². The molecule has 6 heteroatoms. The third-order valence-electron chi connectivity index (χ3n) is 4.19. The second-order valence-electron chi connectivity index (χ2n) is 5.19. The molecule has 1 aliphatic carbocycles. The Morgan fingerprint density at radius 2 is 1.82 bits per heavy atom. The van der Waals surface area contributed by atoms with Crippen LogP contribution in [-0.4, -0.2) is 49.8 Å². The molecule has 0 aromatic rings. The predicted molar refractivity (Wildman–Crippen MR) is 67.7 cm³/mol. The van der Waals surface area contributed by atoms with Crippen LogP contribution in [0.15, 0.2) is 0 Å². The summed E-state index contributed by atoms with van der Waals surface area (Å²) in [6, 6.07) is 0.229. The highest BCUT2D eigenvalue weighted by Crippen LogP contribution is 2.28. The molecule has 5 nitrogen and oxygen atoms in total. The Hall–Kier alpha value is -0.170. The Morgan fingerprint density at radius 3 is 2.24 bits per heavy atom. The van der Waals surface area contributed by atoms with Gasteiger partial charge in [0.15, 0.2) is 0 Å². The number of hydrogen-bond acceptors (Lipinski definition) is 3. The van der Waals surface area contributed by atoms with Crippen molar-refractivity contribution < 1.29 is 8.42 Å². The fourth-order valence-corrected chi connectivity index (χ4v) is 4.12. The molecule has 17 heavy (non-hydrogen) atoms. The van der Waals surface area contributed by atoms with Crippen LogP contribution in [0.5, 0.6) is 0 Å². The van der Waals surface area contributed by atoms with Gasteiger partial charge in [-0.1, -0.05) is 6.42 Å². The van der Waals surface area contributed by atoms with Gasteiger partial charge in [-0.3, -0.25) is 0 Å². The first-order valence-electron chi connectivity index (χ1n) is 6.49. The molecule has 2 aliphatic rings. The van der Waals surface area contributed by atoms with Gasteiger partial charge in [0.1, 0.15) is 0 Å². The van der Waals surface area contributed by atoms with E-state index in [4.69, 9.17) is 5.73 Å². The average molecular weight is 261 g/mol. The van der Waals surface area contributed by atoms with E-state index in [0.717, 1.165) is 32.1 Å². The first-order chi connectivity index (χ1) is 8.05. The summed E-state index contributed by atoms with van der Waals surface area (Å²) < 4.78 is 27.9. The Balaban J connectivity index is 1.96. The minimum atomic E-state index is -3.23. The van der Waals surface area contributed by atoms with Gasteiger partial charge >= 0.3 is 0 Å². The van der Waals surface area contributed by atoms with Gasteiger partial charge < -0.3 is 5.73 Å². The summed E-state index contributed by atoms with van der Waals surface area (Å²) in [7, 11) is -1.51. The Labute approximate surface area is 104 Å². The van der Waals surface area contributed by atoms with Crippen LogP contribution in [0.4, 0.5) is 0 Å². The van der Waals surface area contributed by atoms with E-state index in [-0.39, 0.29) is 6.04 Å². The van der Waals surface area contributed by atoms with Crippen LogP contribution in [0.25, 0.3) is 0 Å². The summed E-state index contributed by atoms with van der Waals surface area (Å²) in [5, 5.41) is 0. The van der Waals surface area contributed by atoms with Crippen LogP contribution in [0.3, 0.4) is 0 Å². The molecule has 1 heterocycles. The third kappa shape index (κ3) is 2.65. The number of hydrogen-bond donors (Lipinski definition) is 1. The molecule has 1 saturated heterocycles. The molecule has 0 amide bonds. The molecule has 2 rings (SSSR count). The molecule has 0 aromatic heterocycles. The van der Waals surface area contributed by atoms with Crippen LogP contribution in [0.2, 0.25) is 0 Å². The first kappa shape index (κ1) is 13.3. The lowest BCUT2D eigenvalue weighted by atomic mass is 9.94. The molecule has 0 atom stereocenters. The quantitative estimate of drug-likeness (QED) is 0.796. The molecule has 1 saturated carbocycles. The smallest absolute Gasteiger partial charge is 0.281 e. The highest BCUT2D eigenvalue weighted by Gasteiger charge is 2.36. The molecule has 2 fully saturated rings. The molecule has 100 valence electrons. The molecule has 0 spiro atoms. The lowest BCUT2D eigenvalue weighted by Crippen LogP contribution is -2.51. The summed E-state index contributed by atoms with van der Waals surface area (Å²) in [6.07, 6.45) is 4.96. The van der Waals surface area contributed by atoms with Crippen molar-refractivity contribution >= 4 is 10.2 Å². The van der Waals surface area contributed by atoms with E-state index in [2.05, 4.69) is 0 Å². The molecule has 0 aromatic carbocycles. The van der Waals surface area contributed by atoms with Crippen molar-refractivity contribution in [2.45, 2.75) is 38.1 Å². The van der Waals surface area contributed by atoms with E-state index in [1.54, 1.807) is 15.7 Å². The van der Waals surface area contributed by atoms with Crippen molar-refractivity contribution in [1.29, 1.82) is 0 Å². The minimum absolute atomic E-state index is 0.229. The summed E-state index contributed by atoms with van der Waals surface area (Å²) in [5.41, 5.74) is 5.62. The SMILES string of the molecule is CN(C1CCC1)S(=O)(=O)N1CCC(CN)CC1. The van der Waals surface area contributed by atoms with Crippen LogP contribution in [0.1, 0.15) is 32.1 Å². The van der Waals surface area contributed by atoms with Crippen LogP contribution in [0, 0.1) is 5.92 Å². The van der Waals surface area contributed by atoms with Crippen LogP contribution < -0.4 is 5.73 Å². The normalized spacial score (nSPS) is 25.1. The van der Waals surface area contributed by atoms with Gasteiger partial charge in [0.05, 0.1) is 0 Å². The van der Waals surface area contributed by atoms with Crippen molar-refractivity contribution in [3.8, 4) is 0 Å². The maximum absolute atomic E-state index is 12.3. The average Bonchev–Trinajstić information content (AvgIpc) is 2.27. The zero-order valence-corrected chi connectivity index (χ0v) is 11.3. The van der Waals surface area contributed by atoms with E-state index in [1.165, 1.54) is 0 Å². The summed E-state index contributed by atoms with van der Waals surface area (Å²) in [4.78, 5) is 0. The second-order valence-corrected chi connectivity index (χ2v) is 7.17. The standard InChI is InChI=1S/C11H23N3O2S/c1-13(11-3-2-4-11)17(15,16)14-7-5-10(9-12)6-8-14/h10-11H,2-9,12H2,1H3. The van der Waals surface area contributed by atoms with Gasteiger partial charge in [0, 0.05) is 26.2 Å². The molecular formula is C11H23N3O2S. The highest BCUT2D eigenvalue weighted by molar-refractivity contribution is 7.86. The molecule has 2 N–H and O–H groups in total. The summed E-state index contributed by atoms with van der Waals surface area (Å²) >= 11 is 0. The van der Waals surface area contributed by atoms with Crippen LogP contribution in [-0.2, 0) is 10.2 Å². The van der Waals surface area contributed by atoms with Crippen LogP contribution >= 0.6 is 0 Å². The largest absolute Gasteiger partial charge is 0.330 e. The Bertz CT molecular complexity index is 346. The number of rotatable bonds is 4. The van der Waals surface area contributed by atoms with Crippen molar-refractivity contribution in [3.63, 3.8) is 0 Å². The number of nitrogens with zero attached hydrogens (tertiary/aromatic N) is 2. The van der Waals surface area contributed by atoms with Gasteiger partial charge in [-0.05, 0) is 38.1 Å². The fourth-order valence-electron chi connectivity index (χ4n) is 2.50. The van der Waals surface area contributed by atoms with Crippen molar-refractivity contribution in [3.05, 3.63) is 0 Å². The highest BCUT2D eigenvalue weighted by atomic mass is 32.2.